The van der Waals surface area contributed by atoms with E-state index in [0.717, 1.165) is 27.6 Å². The predicted molar refractivity (Wildman–Crippen MR) is 116 cm³/mol. The van der Waals surface area contributed by atoms with Crippen LogP contribution in [0.15, 0.2) is 88.7 Å². The molecule has 0 saturated heterocycles. The molecule has 0 saturated carbocycles. The SMILES string of the molecule is N#CCCN(CCc1ccccc1)C(=O)N1c2ccccc2Sc2ccccc21. The molecule has 0 aromatic heterocycles. The van der Waals surface area contributed by atoms with Crippen molar-refractivity contribution >= 4 is 29.2 Å². The summed E-state index contributed by atoms with van der Waals surface area (Å²) in [7, 11) is 0. The molecule has 4 rings (SSSR count). The van der Waals surface area contributed by atoms with Crippen LogP contribution in [0.5, 0.6) is 0 Å². The van der Waals surface area contributed by atoms with Crippen LogP contribution in [-0.2, 0) is 6.42 Å². The third kappa shape index (κ3) is 4.13. The van der Waals surface area contributed by atoms with Crippen molar-refractivity contribution in [2.75, 3.05) is 18.0 Å². The number of benzene rings is 3. The smallest absolute Gasteiger partial charge is 0.323 e. The second kappa shape index (κ2) is 8.85. The number of amides is 2. The van der Waals surface area contributed by atoms with E-state index in [0.29, 0.717) is 19.5 Å². The Morgan fingerprint density at radius 3 is 2.07 bits per heavy atom. The molecule has 0 radical (unpaired) electrons. The van der Waals surface area contributed by atoms with Gasteiger partial charge in [0.25, 0.3) is 0 Å². The summed E-state index contributed by atoms with van der Waals surface area (Å²) < 4.78 is 0. The number of rotatable bonds is 5. The number of hydrogen-bond donors (Lipinski definition) is 0. The summed E-state index contributed by atoms with van der Waals surface area (Å²) in [5.41, 5.74) is 2.96. The van der Waals surface area contributed by atoms with Gasteiger partial charge in [0.1, 0.15) is 0 Å². The van der Waals surface area contributed by atoms with Gasteiger partial charge in [0.2, 0.25) is 0 Å². The first kappa shape index (κ1) is 19.1. The number of urea groups is 1. The van der Waals surface area contributed by atoms with Crippen molar-refractivity contribution in [3.63, 3.8) is 0 Å². The fourth-order valence-electron chi connectivity index (χ4n) is 3.45. The van der Waals surface area contributed by atoms with Gasteiger partial charge < -0.3 is 4.90 Å². The van der Waals surface area contributed by atoms with Gasteiger partial charge in [0.05, 0.1) is 23.9 Å². The number of anilines is 2. The van der Waals surface area contributed by atoms with Crippen LogP contribution in [0.4, 0.5) is 16.2 Å². The van der Waals surface area contributed by atoms with Crippen molar-refractivity contribution < 1.29 is 4.79 Å². The highest BCUT2D eigenvalue weighted by Gasteiger charge is 2.30. The second-order valence-electron chi connectivity index (χ2n) is 6.79. The van der Waals surface area contributed by atoms with E-state index >= 15 is 0 Å². The van der Waals surface area contributed by atoms with Gasteiger partial charge >= 0.3 is 6.03 Å². The van der Waals surface area contributed by atoms with Crippen LogP contribution in [0.3, 0.4) is 0 Å². The van der Waals surface area contributed by atoms with E-state index in [1.807, 2.05) is 66.7 Å². The predicted octanol–water partition coefficient (Wildman–Crippen LogP) is 5.87. The number of nitriles is 1. The zero-order chi connectivity index (χ0) is 20.1. The molecular weight excluding hydrogens is 378 g/mol. The Kier molecular flexibility index (Phi) is 5.83. The van der Waals surface area contributed by atoms with E-state index in [2.05, 4.69) is 18.2 Å². The normalized spacial score (nSPS) is 11.9. The molecule has 5 heteroatoms. The minimum atomic E-state index is -0.0867. The lowest BCUT2D eigenvalue weighted by atomic mass is 10.1. The average molecular weight is 400 g/mol. The van der Waals surface area contributed by atoms with Gasteiger partial charge in [-0.25, -0.2) is 4.79 Å². The second-order valence-corrected chi connectivity index (χ2v) is 7.87. The van der Waals surface area contributed by atoms with Crippen molar-refractivity contribution in [1.29, 1.82) is 5.26 Å². The first-order valence-electron chi connectivity index (χ1n) is 9.64. The number of para-hydroxylation sites is 2. The molecular formula is C24H21N3OS. The van der Waals surface area contributed by atoms with Gasteiger partial charge in [0.15, 0.2) is 0 Å². The number of carbonyl (C=O) groups excluding carboxylic acids is 1. The molecule has 2 amide bonds. The Morgan fingerprint density at radius 2 is 1.45 bits per heavy atom. The molecule has 0 spiro atoms. The highest BCUT2D eigenvalue weighted by molar-refractivity contribution is 7.99. The van der Waals surface area contributed by atoms with Crippen LogP contribution in [-0.4, -0.2) is 24.0 Å². The summed E-state index contributed by atoms with van der Waals surface area (Å²) in [4.78, 5) is 19.4. The third-order valence-corrected chi connectivity index (χ3v) is 6.03. The largest absolute Gasteiger partial charge is 0.329 e. The lowest BCUT2D eigenvalue weighted by Crippen LogP contribution is -2.43. The van der Waals surface area contributed by atoms with E-state index in [1.165, 1.54) is 5.56 Å². The third-order valence-electron chi connectivity index (χ3n) is 4.90. The number of hydrogen-bond acceptors (Lipinski definition) is 3. The minimum Gasteiger partial charge on any atom is -0.323 e. The molecule has 1 heterocycles. The van der Waals surface area contributed by atoms with Gasteiger partial charge in [0, 0.05) is 22.9 Å². The molecule has 0 unspecified atom stereocenters. The van der Waals surface area contributed by atoms with Crippen molar-refractivity contribution in [3.05, 3.63) is 84.4 Å². The number of fused-ring (bicyclic) bond motifs is 2. The molecule has 0 aliphatic carbocycles. The van der Waals surface area contributed by atoms with Crippen LogP contribution >= 0.6 is 11.8 Å². The van der Waals surface area contributed by atoms with Crippen LogP contribution in [0, 0.1) is 11.3 Å². The minimum absolute atomic E-state index is 0.0867. The van der Waals surface area contributed by atoms with E-state index < -0.39 is 0 Å². The highest BCUT2D eigenvalue weighted by atomic mass is 32.2. The Bertz CT molecular complexity index is 1000. The molecule has 1 aliphatic rings. The van der Waals surface area contributed by atoms with Crippen molar-refractivity contribution in [2.24, 2.45) is 0 Å². The average Bonchev–Trinajstić information content (AvgIpc) is 2.78. The first-order valence-corrected chi connectivity index (χ1v) is 10.5. The first-order chi connectivity index (χ1) is 14.3. The summed E-state index contributed by atoms with van der Waals surface area (Å²) in [5.74, 6) is 0. The zero-order valence-corrected chi connectivity index (χ0v) is 16.8. The molecule has 29 heavy (non-hydrogen) atoms. The molecule has 0 bridgehead atoms. The molecule has 4 nitrogen and oxygen atoms in total. The lowest BCUT2D eigenvalue weighted by Gasteiger charge is -2.35. The molecule has 3 aromatic rings. The fraction of sp³-hybridized carbons (Fsp3) is 0.167. The van der Waals surface area contributed by atoms with Crippen molar-refractivity contribution in [3.8, 4) is 6.07 Å². The molecule has 1 aliphatic heterocycles. The van der Waals surface area contributed by atoms with Crippen LogP contribution in [0.1, 0.15) is 12.0 Å². The summed E-state index contributed by atoms with van der Waals surface area (Å²) in [6.07, 6.45) is 1.07. The summed E-state index contributed by atoms with van der Waals surface area (Å²) in [6.45, 7) is 0.981. The fourth-order valence-corrected chi connectivity index (χ4v) is 4.51. The summed E-state index contributed by atoms with van der Waals surface area (Å²) in [5, 5.41) is 9.10. The molecule has 144 valence electrons. The van der Waals surface area contributed by atoms with E-state index in [1.54, 1.807) is 21.6 Å². The quantitative estimate of drug-likeness (QED) is 0.539. The maximum Gasteiger partial charge on any atom is 0.329 e. The van der Waals surface area contributed by atoms with Gasteiger partial charge in [-0.2, -0.15) is 5.26 Å². The van der Waals surface area contributed by atoms with Gasteiger partial charge in [-0.1, -0.05) is 66.4 Å². The van der Waals surface area contributed by atoms with Gasteiger partial charge in [-0.05, 0) is 36.2 Å². The highest BCUT2D eigenvalue weighted by Crippen LogP contribution is 2.48. The Balaban J connectivity index is 1.65. The van der Waals surface area contributed by atoms with Crippen molar-refractivity contribution in [2.45, 2.75) is 22.6 Å². The Morgan fingerprint density at radius 1 is 0.862 bits per heavy atom. The lowest BCUT2D eigenvalue weighted by molar-refractivity contribution is 0.208. The van der Waals surface area contributed by atoms with Crippen LogP contribution in [0.25, 0.3) is 0 Å². The topological polar surface area (TPSA) is 47.3 Å². The molecule has 0 fully saturated rings. The number of nitrogens with zero attached hydrogens (tertiary/aromatic N) is 3. The summed E-state index contributed by atoms with van der Waals surface area (Å²) >= 11 is 1.68. The van der Waals surface area contributed by atoms with Crippen LogP contribution in [0.2, 0.25) is 0 Å². The summed E-state index contributed by atoms with van der Waals surface area (Å²) in [6, 6.07) is 28.2. The Hall–Kier alpha value is -3.23. The number of carbonyl (C=O) groups is 1. The van der Waals surface area contributed by atoms with E-state index in [4.69, 9.17) is 5.26 Å². The van der Waals surface area contributed by atoms with Crippen LogP contribution < -0.4 is 4.90 Å². The standard InChI is InChI=1S/C24H21N3OS/c25-16-8-17-26(18-15-19-9-2-1-3-10-19)24(28)27-20-11-4-6-13-22(20)29-23-14-7-5-12-21(23)27/h1-7,9-14H,8,15,17-18H2. The monoisotopic (exact) mass is 399 g/mol. The zero-order valence-electron chi connectivity index (χ0n) is 16.0. The maximum absolute atomic E-state index is 13.7. The maximum atomic E-state index is 13.7. The molecule has 0 atom stereocenters. The van der Waals surface area contributed by atoms with Gasteiger partial charge in [-0.3, -0.25) is 4.90 Å². The molecule has 0 N–H and O–H groups in total. The Labute approximate surface area is 175 Å². The van der Waals surface area contributed by atoms with Gasteiger partial charge in [-0.15, -0.1) is 0 Å². The van der Waals surface area contributed by atoms with Crippen molar-refractivity contribution in [1.82, 2.24) is 4.90 Å². The van der Waals surface area contributed by atoms with E-state index in [9.17, 15) is 4.79 Å². The van der Waals surface area contributed by atoms with E-state index in [-0.39, 0.29) is 6.03 Å². The molecule has 3 aromatic carbocycles.